The molecular weight excluding hydrogens is 681 g/mol. The van der Waals surface area contributed by atoms with E-state index in [1.807, 2.05) is 0 Å². The van der Waals surface area contributed by atoms with Gasteiger partial charge in [-0.15, -0.1) is 34.5 Å². The van der Waals surface area contributed by atoms with Crippen molar-refractivity contribution in [1.82, 2.24) is 4.57 Å². The van der Waals surface area contributed by atoms with Gasteiger partial charge in [0.15, 0.2) is 0 Å². The molecule has 0 saturated carbocycles. The quantitative estimate of drug-likeness (QED) is 0.193. The fraction of sp³-hybridized carbons (Fsp3) is 0.250. The monoisotopic (exact) mass is 718 g/mol. The summed E-state index contributed by atoms with van der Waals surface area (Å²) in [6.07, 6.45) is 2.25. The molecule has 2 aliphatic heterocycles. The van der Waals surface area contributed by atoms with Crippen molar-refractivity contribution in [2.75, 3.05) is 0 Å². The predicted molar refractivity (Wildman–Crippen MR) is 167 cm³/mol. The van der Waals surface area contributed by atoms with Gasteiger partial charge in [0.05, 0.1) is 0 Å². The second kappa shape index (κ2) is 12.5. The van der Waals surface area contributed by atoms with Gasteiger partial charge in [-0.1, -0.05) is 63.6 Å². The topological polar surface area (TPSA) is 4.93 Å². The molecule has 3 aliphatic rings. The van der Waals surface area contributed by atoms with Gasteiger partial charge in [-0.3, -0.25) is 0 Å². The molecule has 1 aliphatic carbocycles. The molecule has 5 aromatic rings. The molecule has 209 valence electrons. The van der Waals surface area contributed by atoms with Gasteiger partial charge in [0.25, 0.3) is 0 Å². The van der Waals surface area contributed by atoms with E-state index in [1.165, 1.54) is 38.7 Å². The van der Waals surface area contributed by atoms with Gasteiger partial charge < -0.3 is 24.8 Å². The Bertz CT molecular complexity index is 1690. The van der Waals surface area contributed by atoms with Crippen LogP contribution in [0.3, 0.4) is 0 Å². The molecule has 41 heavy (non-hydrogen) atoms. The Morgan fingerprint density at radius 3 is 2.05 bits per heavy atom. The molecule has 1 atom stereocenters. The minimum Gasteiger partial charge on any atom is -1.00 e. The number of allylic oxidation sites excluding steroid dienone is 1. The zero-order chi connectivity index (χ0) is 26.8. The summed E-state index contributed by atoms with van der Waals surface area (Å²) in [5.74, 6) is 5.12. The summed E-state index contributed by atoms with van der Waals surface area (Å²) >= 11 is -1.69. The number of aryl methyl sites for hydroxylation is 1. The van der Waals surface area contributed by atoms with Crippen molar-refractivity contribution in [1.29, 1.82) is 0 Å². The van der Waals surface area contributed by atoms with Gasteiger partial charge in [0.1, 0.15) is 0 Å². The van der Waals surface area contributed by atoms with Crippen molar-refractivity contribution in [3.8, 4) is 16.8 Å². The molecule has 8 rings (SSSR count). The molecule has 0 N–H and O–H groups in total. The van der Waals surface area contributed by atoms with Crippen molar-refractivity contribution in [3.05, 3.63) is 125 Å². The molecule has 0 fully saturated rings. The number of benzene rings is 3. The van der Waals surface area contributed by atoms with E-state index in [9.17, 15) is 0 Å². The Morgan fingerprint density at radius 1 is 0.780 bits per heavy atom. The number of halogens is 2. The van der Waals surface area contributed by atoms with Crippen LogP contribution in [-0.4, -0.2) is 17.8 Å². The van der Waals surface area contributed by atoms with Crippen LogP contribution in [-0.2, 0) is 31.6 Å². The van der Waals surface area contributed by atoms with Crippen molar-refractivity contribution < 1.29 is 51.0 Å². The van der Waals surface area contributed by atoms with E-state index in [0.717, 1.165) is 4.75 Å². The number of fused-ring (bicyclic) bond motifs is 1. The number of nitrogens with zero attached hydrogens (tertiary/aromatic N) is 1. The van der Waals surface area contributed by atoms with E-state index in [-0.39, 0.29) is 56.4 Å². The van der Waals surface area contributed by atoms with Crippen LogP contribution < -0.4 is 24.8 Å². The van der Waals surface area contributed by atoms with Crippen LogP contribution in [0.15, 0.2) is 103 Å². The smallest absolute Gasteiger partial charge is 1.00 e. The van der Waals surface area contributed by atoms with Gasteiger partial charge in [-0.2, -0.15) is 6.07 Å². The first-order valence-electron chi connectivity index (χ1n) is 13.8. The fourth-order valence-corrected chi connectivity index (χ4v) is 16.0. The van der Waals surface area contributed by atoms with Gasteiger partial charge in [0.2, 0.25) is 0 Å². The standard InChI is InChI=1S/C20H21.C16H17GeN.2ClH.Zr/c1-14-12-16-6-5-7-18(19(16)13-14)15-8-10-17(11-9-15)20(2,3)4;1-11-14-13-9-10-18(12-7-5-4-6-8-12)16(13)15(11)17(14,2)3;;;/h5-13H,1-4H3;4-10,15H,1-3H3;2*1H;/q-1;;;;+3/p-2. The van der Waals surface area contributed by atoms with Crippen LogP contribution in [0.2, 0.25) is 11.5 Å². The van der Waals surface area contributed by atoms with Gasteiger partial charge in [-0.05, 0) is 16.5 Å². The van der Waals surface area contributed by atoms with Crippen molar-refractivity contribution in [3.63, 3.8) is 0 Å². The maximum atomic E-state index is 2.56. The van der Waals surface area contributed by atoms with Crippen LogP contribution in [0.4, 0.5) is 0 Å². The third-order valence-electron chi connectivity index (χ3n) is 8.65. The Hall–Kier alpha value is -1.70. The number of hydrogen-bond donors (Lipinski definition) is 0. The van der Waals surface area contributed by atoms with Crippen LogP contribution >= 0.6 is 0 Å². The summed E-state index contributed by atoms with van der Waals surface area (Å²) in [6.45, 7) is 11.3. The molecule has 0 saturated heterocycles. The largest absolute Gasteiger partial charge is 3.00 e. The van der Waals surface area contributed by atoms with Crippen LogP contribution in [0.5, 0.6) is 0 Å². The molecule has 4 aromatic carbocycles. The molecule has 0 amide bonds. The summed E-state index contributed by atoms with van der Waals surface area (Å²) < 4.78 is 4.98. The zero-order valence-electron chi connectivity index (χ0n) is 25.0. The molecular formula is C36H38Cl2GeNZr. The maximum absolute atomic E-state index is 2.56. The fourth-order valence-electron chi connectivity index (χ4n) is 6.92. The van der Waals surface area contributed by atoms with Gasteiger partial charge in [0, 0.05) is 0 Å². The van der Waals surface area contributed by atoms with E-state index >= 15 is 0 Å². The van der Waals surface area contributed by atoms with E-state index in [1.54, 1.807) is 21.2 Å². The molecule has 1 aromatic heterocycles. The SMILES string of the molecule is CC1=[C]2c3ccn(-c4ccccc4)c3[CH]1[Ge]2([CH3])[CH3].Cc1cc2c(-c3ccc(C(C)(C)C)cc3)cccc2[cH-]1.[Cl-].[Cl-].[Zr+3]. The molecule has 1 unspecified atom stereocenters. The average molecular weight is 719 g/mol. The first-order valence-corrected chi connectivity index (χ1v) is 20.3. The van der Waals surface area contributed by atoms with Gasteiger partial charge in [-0.25, -0.2) is 0 Å². The second-order valence-corrected chi connectivity index (χ2v) is 22.2. The predicted octanol–water partition coefficient (Wildman–Crippen LogP) is 3.99. The van der Waals surface area contributed by atoms with Crippen LogP contribution in [0.1, 0.15) is 54.8 Å². The summed E-state index contributed by atoms with van der Waals surface area (Å²) in [5, 5.41) is 2.69. The third-order valence-corrected chi connectivity index (χ3v) is 17.3. The first kappa shape index (κ1) is 33.8. The van der Waals surface area contributed by atoms with Crippen molar-refractivity contribution in [2.24, 2.45) is 0 Å². The van der Waals surface area contributed by atoms with Crippen molar-refractivity contribution >= 4 is 28.4 Å². The van der Waals surface area contributed by atoms with Crippen molar-refractivity contribution in [2.45, 2.75) is 56.3 Å². The Morgan fingerprint density at radius 2 is 1.44 bits per heavy atom. The Labute approximate surface area is 280 Å². The van der Waals surface area contributed by atoms with Crippen LogP contribution in [0, 0.1) is 6.92 Å². The maximum Gasteiger partial charge on any atom is 3.00 e. The molecule has 1 nitrogen and oxygen atoms in total. The average Bonchev–Trinajstić information content (AvgIpc) is 3.60. The first-order chi connectivity index (χ1) is 18.1. The summed E-state index contributed by atoms with van der Waals surface area (Å²) in [7, 11) is 0. The normalized spacial score (nSPS) is 15.9. The Balaban J connectivity index is 0.000000211. The second-order valence-electron chi connectivity index (χ2n) is 12.7. The summed E-state index contributed by atoms with van der Waals surface area (Å²) in [6, 6.07) is 33.2. The number of hydrogen-bond acceptors (Lipinski definition) is 0. The molecule has 1 radical (unpaired) electrons. The molecule has 5 heteroatoms. The zero-order valence-corrected chi connectivity index (χ0v) is 31.1. The Kier molecular flexibility index (Phi) is 10.3. The van der Waals surface area contributed by atoms with E-state index < -0.39 is 13.3 Å². The van der Waals surface area contributed by atoms with Crippen LogP contribution in [0.25, 0.3) is 32.0 Å². The van der Waals surface area contributed by atoms with Gasteiger partial charge >= 0.3 is 137 Å². The summed E-state index contributed by atoms with van der Waals surface area (Å²) in [4.78, 5) is 0. The minimum absolute atomic E-state index is 0. The summed E-state index contributed by atoms with van der Waals surface area (Å²) in [5.41, 5.74) is 11.7. The molecule has 2 bridgehead atoms. The van der Waals surface area contributed by atoms with E-state index in [4.69, 9.17) is 0 Å². The molecule has 0 spiro atoms. The number of aromatic nitrogens is 1. The van der Waals surface area contributed by atoms with E-state index in [0.29, 0.717) is 0 Å². The number of para-hydroxylation sites is 1. The van der Waals surface area contributed by atoms with E-state index in [2.05, 4.69) is 148 Å². The number of rotatable bonds is 2. The minimum atomic E-state index is -1.69. The molecule has 3 heterocycles. The third kappa shape index (κ3) is 5.80.